The molecule has 12 N–H and O–H groups in total. The maximum absolute atomic E-state index is 10.6. The van der Waals surface area contributed by atoms with Gasteiger partial charge in [0.2, 0.25) is 0 Å². The summed E-state index contributed by atoms with van der Waals surface area (Å²) in [5.41, 5.74) is 0. The average molecular weight is 534 g/mol. The summed E-state index contributed by atoms with van der Waals surface area (Å²) in [6, 6.07) is 0. The Hall–Kier alpha value is -0.680. The van der Waals surface area contributed by atoms with Gasteiger partial charge < -0.3 is 85.0 Å². The monoisotopic (exact) mass is 534 g/mol. The Bertz CT molecular complexity index is 682. The average Bonchev–Trinajstić information content (AvgIpc) is 2.87. The lowest BCUT2D eigenvalue weighted by molar-refractivity contribution is -0.379. The lowest BCUT2D eigenvalue weighted by Gasteiger charge is -2.48. The zero-order valence-corrected chi connectivity index (χ0v) is 18.8. The van der Waals surface area contributed by atoms with E-state index in [1.54, 1.807) is 0 Å². The number of hydrogen-bond acceptors (Lipinski definition) is 17. The summed E-state index contributed by atoms with van der Waals surface area (Å²) in [5, 5.41) is 120. The van der Waals surface area contributed by atoms with Crippen LogP contribution in [-0.4, -0.2) is 179 Å². The van der Waals surface area contributed by atoms with Gasteiger partial charge in [0.25, 0.3) is 0 Å². The number of rotatable bonds is 8. The van der Waals surface area contributed by atoms with Crippen LogP contribution < -0.4 is 0 Å². The molecule has 0 aromatic rings. The first-order valence-corrected chi connectivity index (χ1v) is 11.2. The fourth-order valence-corrected chi connectivity index (χ4v) is 4.28. The third-order valence-electron chi connectivity index (χ3n) is 6.42. The van der Waals surface area contributed by atoms with Gasteiger partial charge in [-0.2, -0.15) is 0 Å². The maximum atomic E-state index is 10.6. The third kappa shape index (κ3) is 5.82. The summed E-state index contributed by atoms with van der Waals surface area (Å²) in [6.45, 7) is -2.49. The van der Waals surface area contributed by atoms with E-state index in [1.165, 1.54) is 0 Å². The summed E-state index contributed by atoms with van der Waals surface area (Å²) in [5.74, 6) is 0. The first kappa shape index (κ1) is 29.9. The van der Waals surface area contributed by atoms with Crippen LogP contribution in [0.2, 0.25) is 0 Å². The molecule has 0 aliphatic carbocycles. The first-order chi connectivity index (χ1) is 17.0. The molecule has 3 heterocycles. The van der Waals surface area contributed by atoms with Gasteiger partial charge in [0, 0.05) is 0 Å². The second-order valence-corrected chi connectivity index (χ2v) is 8.83. The Morgan fingerprint density at radius 3 is 1.64 bits per heavy atom. The summed E-state index contributed by atoms with van der Waals surface area (Å²) < 4.78 is 26.3. The van der Waals surface area contributed by atoms with Crippen LogP contribution in [0, 0.1) is 0 Å². The van der Waals surface area contributed by atoms with Crippen LogP contribution in [0.5, 0.6) is 0 Å². The van der Waals surface area contributed by atoms with E-state index < -0.39 is 118 Å². The lowest BCUT2D eigenvalue weighted by Crippen LogP contribution is -2.67. The van der Waals surface area contributed by atoms with E-state index in [0.29, 0.717) is 0 Å². The van der Waals surface area contributed by atoms with Crippen molar-refractivity contribution in [1.82, 2.24) is 0 Å². The molecule has 0 radical (unpaired) electrons. The van der Waals surface area contributed by atoms with Crippen molar-refractivity contribution in [2.24, 2.45) is 0 Å². The van der Waals surface area contributed by atoms with Gasteiger partial charge in [0.1, 0.15) is 79.4 Å². The molecule has 0 aromatic heterocycles. The second-order valence-electron chi connectivity index (χ2n) is 8.83. The van der Waals surface area contributed by atoms with Gasteiger partial charge in [-0.05, 0) is 0 Å². The van der Waals surface area contributed by atoms with Crippen LogP contribution in [0.1, 0.15) is 0 Å². The highest BCUT2D eigenvalue weighted by atomic mass is 16.7. The van der Waals surface area contributed by atoms with Crippen molar-refractivity contribution >= 4 is 0 Å². The summed E-state index contributed by atoms with van der Waals surface area (Å²) >= 11 is 0. The van der Waals surface area contributed by atoms with Crippen molar-refractivity contribution in [3.8, 4) is 0 Å². The van der Waals surface area contributed by atoms with Crippen molar-refractivity contribution in [2.45, 2.75) is 98.2 Å². The predicted octanol–water partition coefficient (Wildman–Crippen LogP) is -8.21. The summed E-state index contributed by atoms with van der Waals surface area (Å²) in [6.07, 6.45) is -28.1. The zero-order valence-electron chi connectivity index (χ0n) is 18.8. The maximum Gasteiger partial charge on any atom is 0.187 e. The smallest absolute Gasteiger partial charge is 0.187 e. The van der Waals surface area contributed by atoms with Crippen LogP contribution >= 0.6 is 0 Å². The highest BCUT2D eigenvalue weighted by molar-refractivity contribution is 4.97. The Labute approximate surface area is 203 Å². The first-order valence-electron chi connectivity index (χ1n) is 11.2. The summed E-state index contributed by atoms with van der Waals surface area (Å²) in [7, 11) is 0. The molecule has 16 atom stereocenters. The Balaban J connectivity index is 1.73. The minimum atomic E-state index is -1.98. The number of hydrogen-bond donors (Lipinski definition) is 12. The van der Waals surface area contributed by atoms with Crippen LogP contribution in [0.15, 0.2) is 0 Å². The van der Waals surface area contributed by atoms with E-state index >= 15 is 0 Å². The van der Waals surface area contributed by atoms with E-state index in [1.807, 2.05) is 0 Å². The standard InChI is InChI=1S/C19H34O17/c20-1-4(23)14-12(29)16(13(30)17(31)34-14)36-19-11(28)9(26)15(6(3-22)33-19)35-18-10(27)8(25)7(24)5(2-21)32-18/h4-31H,1-3H2/t4-,5+,6+,7-,8-,9+,10+,11+,12+,13-,14+,15+,16-,17-,18-,19+/m0/s1. The van der Waals surface area contributed by atoms with Crippen molar-refractivity contribution < 1.29 is 85.0 Å². The molecule has 212 valence electrons. The molecule has 17 heteroatoms. The molecule has 0 spiro atoms. The lowest BCUT2D eigenvalue weighted by atomic mass is 9.94. The van der Waals surface area contributed by atoms with E-state index in [0.717, 1.165) is 0 Å². The van der Waals surface area contributed by atoms with Crippen molar-refractivity contribution in [3.05, 3.63) is 0 Å². The number of ether oxygens (including phenoxy) is 5. The molecule has 0 unspecified atom stereocenters. The molecule has 36 heavy (non-hydrogen) atoms. The van der Waals surface area contributed by atoms with Crippen molar-refractivity contribution in [1.29, 1.82) is 0 Å². The molecule has 0 amide bonds. The molecule has 3 aliphatic heterocycles. The normalized spacial score (nSPS) is 51.2. The van der Waals surface area contributed by atoms with Gasteiger partial charge in [-0.25, -0.2) is 0 Å². The molecule has 17 nitrogen and oxygen atoms in total. The topological polar surface area (TPSA) is 289 Å². The van der Waals surface area contributed by atoms with E-state index in [-0.39, 0.29) is 0 Å². The van der Waals surface area contributed by atoms with Gasteiger partial charge >= 0.3 is 0 Å². The van der Waals surface area contributed by atoms with Crippen molar-refractivity contribution in [3.63, 3.8) is 0 Å². The third-order valence-corrected chi connectivity index (χ3v) is 6.42. The highest BCUT2D eigenvalue weighted by Gasteiger charge is 2.54. The Morgan fingerprint density at radius 2 is 1.08 bits per heavy atom. The van der Waals surface area contributed by atoms with Crippen molar-refractivity contribution in [2.75, 3.05) is 19.8 Å². The minimum Gasteiger partial charge on any atom is -0.394 e. The molecule has 3 rings (SSSR count). The molecule has 3 fully saturated rings. The molecule has 3 aliphatic rings. The van der Waals surface area contributed by atoms with Crippen LogP contribution in [0.4, 0.5) is 0 Å². The van der Waals surface area contributed by atoms with E-state index in [9.17, 15) is 56.2 Å². The van der Waals surface area contributed by atoms with Gasteiger partial charge in [0.15, 0.2) is 18.9 Å². The Kier molecular flexibility index (Phi) is 10.3. The molecular weight excluding hydrogens is 500 g/mol. The van der Waals surface area contributed by atoms with E-state index in [4.69, 9.17) is 28.8 Å². The Morgan fingerprint density at radius 1 is 0.556 bits per heavy atom. The van der Waals surface area contributed by atoms with Gasteiger partial charge in [0.05, 0.1) is 19.8 Å². The van der Waals surface area contributed by atoms with Crippen LogP contribution in [0.3, 0.4) is 0 Å². The van der Waals surface area contributed by atoms with Gasteiger partial charge in [-0.3, -0.25) is 0 Å². The molecule has 0 aromatic carbocycles. The second kappa shape index (κ2) is 12.5. The zero-order chi connectivity index (χ0) is 26.9. The quantitative estimate of drug-likeness (QED) is 0.138. The van der Waals surface area contributed by atoms with Gasteiger partial charge in [-0.15, -0.1) is 0 Å². The van der Waals surface area contributed by atoms with E-state index in [2.05, 4.69) is 0 Å². The molecule has 0 saturated carbocycles. The van der Waals surface area contributed by atoms with Crippen LogP contribution in [0.25, 0.3) is 0 Å². The van der Waals surface area contributed by atoms with Crippen LogP contribution in [-0.2, 0) is 23.7 Å². The summed E-state index contributed by atoms with van der Waals surface area (Å²) in [4.78, 5) is 0. The molecular formula is C19H34O17. The fourth-order valence-electron chi connectivity index (χ4n) is 4.28. The fraction of sp³-hybridized carbons (Fsp3) is 1.00. The van der Waals surface area contributed by atoms with Gasteiger partial charge in [-0.1, -0.05) is 0 Å². The largest absolute Gasteiger partial charge is 0.394 e. The predicted molar refractivity (Wildman–Crippen MR) is 107 cm³/mol. The number of aliphatic hydroxyl groups is 12. The molecule has 3 saturated heterocycles. The molecule has 0 bridgehead atoms. The SMILES string of the molecule is OC[C@H](O)[C@H]1O[C@H](O)[C@@H](O)[C@@H](O[C@H]2O[C@H](CO)[C@@H](O[C@@H]3O[C@H](CO)[C@H](O)[C@H](O)[C@H]3O)[C@H](O)[C@H]2O)[C@@H]1O. The minimum absolute atomic E-state index is 0.760. The highest BCUT2D eigenvalue weighted by Crippen LogP contribution is 2.32. The number of aliphatic hydroxyl groups excluding tert-OH is 12.